The van der Waals surface area contributed by atoms with E-state index < -0.39 is 0 Å². The highest BCUT2D eigenvalue weighted by Crippen LogP contribution is 2.21. The fourth-order valence-corrected chi connectivity index (χ4v) is 0.816. The molecule has 0 bridgehead atoms. The Labute approximate surface area is 64.6 Å². The van der Waals surface area contributed by atoms with E-state index in [9.17, 15) is 4.91 Å². The third kappa shape index (κ3) is 1.52. The number of anilines is 1. The molecule has 1 aromatic rings. The molecular formula is C7H9N3O. The van der Waals surface area contributed by atoms with Crippen LogP contribution in [0.15, 0.2) is 17.4 Å². The number of hydrogen-bond donors (Lipinski definition) is 1. The summed E-state index contributed by atoms with van der Waals surface area (Å²) in [5, 5.41) is 5.60. The van der Waals surface area contributed by atoms with Crippen LogP contribution in [0.25, 0.3) is 0 Å². The Bertz CT molecular complexity index is 272. The van der Waals surface area contributed by atoms with Gasteiger partial charge >= 0.3 is 0 Å². The number of aryl methyl sites for hydroxylation is 1. The summed E-state index contributed by atoms with van der Waals surface area (Å²) in [6.45, 7) is 1.86. The topological polar surface area (TPSA) is 54.4 Å². The molecule has 4 heteroatoms. The standard InChI is InChI=1S/C7H9N3O/c1-5-3-6(10-11)7(8-2)9-4-5/h3-4H,1-2H3,(H,8,9). The van der Waals surface area contributed by atoms with Crippen LogP contribution in [-0.4, -0.2) is 12.0 Å². The third-order valence-corrected chi connectivity index (χ3v) is 1.34. The van der Waals surface area contributed by atoms with Crippen molar-refractivity contribution in [2.75, 3.05) is 12.4 Å². The van der Waals surface area contributed by atoms with Gasteiger partial charge in [0, 0.05) is 13.2 Å². The molecule has 0 atom stereocenters. The second-order valence-electron chi connectivity index (χ2n) is 2.22. The summed E-state index contributed by atoms with van der Waals surface area (Å²) < 4.78 is 0. The van der Waals surface area contributed by atoms with Gasteiger partial charge in [0.05, 0.1) is 0 Å². The molecule has 0 unspecified atom stereocenters. The molecule has 0 radical (unpaired) electrons. The van der Waals surface area contributed by atoms with E-state index in [-0.39, 0.29) is 0 Å². The lowest BCUT2D eigenvalue weighted by Crippen LogP contribution is -1.92. The Morgan fingerprint density at radius 2 is 2.36 bits per heavy atom. The lowest BCUT2D eigenvalue weighted by molar-refractivity contribution is 1.23. The first-order valence-electron chi connectivity index (χ1n) is 3.25. The highest BCUT2D eigenvalue weighted by Gasteiger charge is 2.00. The molecule has 0 aliphatic carbocycles. The van der Waals surface area contributed by atoms with E-state index in [2.05, 4.69) is 15.5 Å². The van der Waals surface area contributed by atoms with Gasteiger partial charge in [0.2, 0.25) is 0 Å². The van der Waals surface area contributed by atoms with E-state index in [0.29, 0.717) is 11.5 Å². The van der Waals surface area contributed by atoms with Crippen molar-refractivity contribution in [2.24, 2.45) is 5.18 Å². The van der Waals surface area contributed by atoms with Gasteiger partial charge in [-0.25, -0.2) is 4.98 Å². The number of nitrogens with one attached hydrogen (secondary N) is 1. The number of aromatic nitrogens is 1. The SMILES string of the molecule is CNc1ncc(C)cc1N=O. The molecule has 0 saturated carbocycles. The van der Waals surface area contributed by atoms with Crippen molar-refractivity contribution >= 4 is 11.5 Å². The van der Waals surface area contributed by atoms with Gasteiger partial charge in [-0.3, -0.25) is 0 Å². The van der Waals surface area contributed by atoms with E-state index in [0.717, 1.165) is 5.56 Å². The van der Waals surface area contributed by atoms with Gasteiger partial charge < -0.3 is 5.32 Å². The molecule has 1 rings (SSSR count). The summed E-state index contributed by atoms with van der Waals surface area (Å²) in [6.07, 6.45) is 1.68. The van der Waals surface area contributed by atoms with E-state index in [1.807, 2.05) is 6.92 Å². The smallest absolute Gasteiger partial charge is 0.155 e. The average molecular weight is 151 g/mol. The molecular weight excluding hydrogens is 142 g/mol. The number of pyridine rings is 1. The van der Waals surface area contributed by atoms with E-state index in [1.54, 1.807) is 19.3 Å². The highest BCUT2D eigenvalue weighted by molar-refractivity contribution is 5.60. The second-order valence-corrected chi connectivity index (χ2v) is 2.22. The molecule has 0 fully saturated rings. The van der Waals surface area contributed by atoms with Crippen molar-refractivity contribution in [3.8, 4) is 0 Å². The van der Waals surface area contributed by atoms with Crippen molar-refractivity contribution in [2.45, 2.75) is 6.92 Å². The summed E-state index contributed by atoms with van der Waals surface area (Å²) >= 11 is 0. The molecule has 1 aromatic heterocycles. The molecule has 58 valence electrons. The Morgan fingerprint density at radius 1 is 1.64 bits per heavy atom. The van der Waals surface area contributed by atoms with Gasteiger partial charge in [-0.15, -0.1) is 4.91 Å². The van der Waals surface area contributed by atoms with Gasteiger partial charge in [0.25, 0.3) is 0 Å². The zero-order valence-electron chi connectivity index (χ0n) is 6.46. The van der Waals surface area contributed by atoms with E-state index in [4.69, 9.17) is 0 Å². The molecule has 4 nitrogen and oxygen atoms in total. The minimum atomic E-state index is 0.354. The predicted octanol–water partition coefficient (Wildman–Crippen LogP) is 1.83. The molecule has 0 saturated heterocycles. The normalized spacial score (nSPS) is 9.27. The average Bonchev–Trinajstić information content (AvgIpc) is 2.04. The van der Waals surface area contributed by atoms with Crippen LogP contribution in [0.4, 0.5) is 11.5 Å². The monoisotopic (exact) mass is 151 g/mol. The van der Waals surface area contributed by atoms with Gasteiger partial charge in [-0.05, 0) is 23.7 Å². The van der Waals surface area contributed by atoms with Gasteiger partial charge in [-0.1, -0.05) is 0 Å². The summed E-state index contributed by atoms with van der Waals surface area (Å²) in [5.74, 6) is 0.519. The maximum atomic E-state index is 10.2. The fraction of sp³-hybridized carbons (Fsp3) is 0.286. The Balaban J connectivity index is 3.16. The number of rotatable bonds is 2. The van der Waals surface area contributed by atoms with Crippen molar-refractivity contribution in [1.29, 1.82) is 0 Å². The third-order valence-electron chi connectivity index (χ3n) is 1.34. The first-order chi connectivity index (χ1) is 5.27. The van der Waals surface area contributed by atoms with Crippen LogP contribution in [0.5, 0.6) is 0 Å². The highest BCUT2D eigenvalue weighted by atomic mass is 16.3. The van der Waals surface area contributed by atoms with Crippen molar-refractivity contribution in [3.05, 3.63) is 22.7 Å². The van der Waals surface area contributed by atoms with Crippen LogP contribution in [0, 0.1) is 11.8 Å². The van der Waals surface area contributed by atoms with Gasteiger partial charge in [-0.2, -0.15) is 0 Å². The summed E-state index contributed by atoms with van der Waals surface area (Å²) in [4.78, 5) is 14.2. The maximum absolute atomic E-state index is 10.2. The lowest BCUT2D eigenvalue weighted by Gasteiger charge is -2.00. The minimum absolute atomic E-state index is 0.354. The Kier molecular flexibility index (Phi) is 2.15. The van der Waals surface area contributed by atoms with Crippen LogP contribution in [0.2, 0.25) is 0 Å². The molecule has 0 spiro atoms. The molecule has 1 heterocycles. The van der Waals surface area contributed by atoms with Crippen LogP contribution in [0.1, 0.15) is 5.56 Å². The zero-order chi connectivity index (χ0) is 8.27. The van der Waals surface area contributed by atoms with E-state index in [1.165, 1.54) is 0 Å². The minimum Gasteiger partial charge on any atom is -0.371 e. The molecule has 0 amide bonds. The zero-order valence-corrected chi connectivity index (χ0v) is 6.46. The first kappa shape index (κ1) is 7.65. The Morgan fingerprint density at radius 3 is 2.91 bits per heavy atom. The van der Waals surface area contributed by atoms with Crippen LogP contribution in [0.3, 0.4) is 0 Å². The fourth-order valence-electron chi connectivity index (χ4n) is 0.816. The molecule has 1 N–H and O–H groups in total. The second kappa shape index (κ2) is 3.09. The van der Waals surface area contributed by atoms with Gasteiger partial charge in [0.1, 0.15) is 5.69 Å². The predicted molar refractivity (Wildman–Crippen MR) is 44.0 cm³/mol. The van der Waals surface area contributed by atoms with Crippen molar-refractivity contribution < 1.29 is 0 Å². The molecule has 0 aliphatic heterocycles. The largest absolute Gasteiger partial charge is 0.371 e. The van der Waals surface area contributed by atoms with Crippen LogP contribution in [-0.2, 0) is 0 Å². The Hall–Kier alpha value is -1.45. The van der Waals surface area contributed by atoms with Crippen LogP contribution >= 0.6 is 0 Å². The molecule has 0 aliphatic rings. The quantitative estimate of drug-likeness (QED) is 0.656. The maximum Gasteiger partial charge on any atom is 0.155 e. The summed E-state index contributed by atoms with van der Waals surface area (Å²) in [7, 11) is 1.70. The van der Waals surface area contributed by atoms with Crippen molar-refractivity contribution in [1.82, 2.24) is 4.98 Å². The lowest BCUT2D eigenvalue weighted by atomic mass is 10.3. The molecule has 11 heavy (non-hydrogen) atoms. The molecule has 0 aromatic carbocycles. The number of nitrogens with zero attached hydrogens (tertiary/aromatic N) is 2. The summed E-state index contributed by atoms with van der Waals surface area (Å²) in [6, 6.07) is 1.69. The summed E-state index contributed by atoms with van der Waals surface area (Å²) in [5.41, 5.74) is 1.28. The number of nitroso groups, excluding NO2 is 1. The first-order valence-corrected chi connectivity index (χ1v) is 3.25. The van der Waals surface area contributed by atoms with Crippen molar-refractivity contribution in [3.63, 3.8) is 0 Å². The van der Waals surface area contributed by atoms with Crippen LogP contribution < -0.4 is 5.32 Å². The number of hydrogen-bond acceptors (Lipinski definition) is 4. The van der Waals surface area contributed by atoms with Gasteiger partial charge in [0.15, 0.2) is 5.82 Å². The van der Waals surface area contributed by atoms with E-state index >= 15 is 0 Å².